The predicted octanol–water partition coefficient (Wildman–Crippen LogP) is 2.92. The van der Waals surface area contributed by atoms with Gasteiger partial charge in [0.2, 0.25) is 0 Å². The average Bonchev–Trinajstić information content (AvgIpc) is 2.30. The van der Waals surface area contributed by atoms with Crippen molar-refractivity contribution in [1.29, 1.82) is 0 Å². The molecule has 84 valence electrons. The number of benzene rings is 1. The van der Waals surface area contributed by atoms with E-state index in [4.69, 9.17) is 27.5 Å². The summed E-state index contributed by atoms with van der Waals surface area (Å²) in [6.45, 7) is 3.15. The van der Waals surface area contributed by atoms with Gasteiger partial charge in [0.05, 0.1) is 0 Å². The summed E-state index contributed by atoms with van der Waals surface area (Å²) in [5, 5.41) is 0.686. The number of hydrogen-bond donors (Lipinski definition) is 0. The van der Waals surface area contributed by atoms with E-state index in [0.29, 0.717) is 24.0 Å². The highest BCUT2D eigenvalue weighted by Gasteiger charge is 2.15. The lowest BCUT2D eigenvalue weighted by Gasteiger charge is -2.20. The lowest BCUT2D eigenvalue weighted by molar-refractivity contribution is 0.171. The van der Waals surface area contributed by atoms with Crippen molar-refractivity contribution in [3.05, 3.63) is 22.7 Å². The minimum atomic E-state index is 0.167. The summed E-state index contributed by atoms with van der Waals surface area (Å²) in [6, 6.07) is 3.72. The maximum absolute atomic E-state index is 6.16. The molecule has 1 heterocycles. The van der Waals surface area contributed by atoms with Gasteiger partial charge in [-0.3, -0.25) is 0 Å². The number of terminal acetylenes is 1. The van der Waals surface area contributed by atoms with Crippen LogP contribution in [0.2, 0.25) is 5.02 Å². The third-order valence-corrected chi connectivity index (χ3v) is 2.87. The van der Waals surface area contributed by atoms with Crippen molar-refractivity contribution < 1.29 is 9.47 Å². The van der Waals surface area contributed by atoms with Gasteiger partial charge >= 0.3 is 0 Å². The van der Waals surface area contributed by atoms with Crippen LogP contribution < -0.4 is 9.47 Å². The first kappa shape index (κ1) is 11.2. The van der Waals surface area contributed by atoms with Crippen molar-refractivity contribution in [2.45, 2.75) is 13.3 Å². The summed E-state index contributed by atoms with van der Waals surface area (Å²) >= 11 is 6.16. The second kappa shape index (κ2) is 4.67. The van der Waals surface area contributed by atoms with Crippen molar-refractivity contribution >= 4 is 11.6 Å². The number of hydrogen-bond acceptors (Lipinski definition) is 2. The van der Waals surface area contributed by atoms with Gasteiger partial charge in [0, 0.05) is 17.0 Å². The highest BCUT2D eigenvalue weighted by atomic mass is 35.5. The van der Waals surface area contributed by atoms with E-state index in [-0.39, 0.29) is 5.92 Å². The maximum atomic E-state index is 6.16. The molecule has 2 nitrogen and oxygen atoms in total. The van der Waals surface area contributed by atoms with E-state index in [9.17, 15) is 0 Å². The molecule has 1 atom stereocenters. The minimum absolute atomic E-state index is 0.167. The first-order valence-corrected chi connectivity index (χ1v) is 5.62. The molecule has 1 aromatic rings. The second-order valence-corrected chi connectivity index (χ2v) is 4.27. The smallest absolute Gasteiger partial charge is 0.162 e. The fraction of sp³-hybridized carbons (Fsp3) is 0.385. The van der Waals surface area contributed by atoms with Crippen LogP contribution in [0.4, 0.5) is 0 Å². The van der Waals surface area contributed by atoms with E-state index in [0.717, 1.165) is 17.7 Å². The van der Waals surface area contributed by atoms with Gasteiger partial charge in [-0.15, -0.1) is 12.3 Å². The minimum Gasteiger partial charge on any atom is -0.486 e. The van der Waals surface area contributed by atoms with Gasteiger partial charge in [0.1, 0.15) is 13.2 Å². The topological polar surface area (TPSA) is 18.5 Å². The van der Waals surface area contributed by atoms with Crippen LogP contribution >= 0.6 is 11.6 Å². The molecule has 16 heavy (non-hydrogen) atoms. The van der Waals surface area contributed by atoms with Gasteiger partial charge in [-0.25, -0.2) is 0 Å². The zero-order valence-electron chi connectivity index (χ0n) is 9.13. The predicted molar refractivity (Wildman–Crippen MR) is 64.1 cm³/mol. The monoisotopic (exact) mass is 236 g/mol. The van der Waals surface area contributed by atoms with E-state index in [1.165, 1.54) is 0 Å². The molecular formula is C13H13ClO2. The van der Waals surface area contributed by atoms with Gasteiger partial charge in [0.15, 0.2) is 11.5 Å². The van der Waals surface area contributed by atoms with E-state index in [1.54, 1.807) is 6.07 Å². The zero-order valence-corrected chi connectivity index (χ0v) is 9.88. The van der Waals surface area contributed by atoms with Crippen LogP contribution in [0.15, 0.2) is 12.1 Å². The third-order valence-electron chi connectivity index (χ3n) is 2.52. The van der Waals surface area contributed by atoms with Crippen LogP contribution in [0.1, 0.15) is 12.5 Å². The Hall–Kier alpha value is -1.33. The molecule has 1 aliphatic rings. The van der Waals surface area contributed by atoms with Crippen molar-refractivity contribution in [2.24, 2.45) is 5.92 Å². The number of rotatable bonds is 2. The Morgan fingerprint density at radius 2 is 2.00 bits per heavy atom. The molecule has 0 radical (unpaired) electrons. The molecule has 1 aliphatic heterocycles. The molecule has 0 N–H and O–H groups in total. The fourth-order valence-electron chi connectivity index (χ4n) is 1.65. The van der Waals surface area contributed by atoms with Crippen molar-refractivity contribution in [3.8, 4) is 23.8 Å². The standard InChI is InChI=1S/C13H13ClO2/c1-3-9(2)6-10-7-12-13(8-11(10)14)16-5-4-15-12/h1,7-9H,4-6H2,2H3. The Morgan fingerprint density at radius 3 is 2.62 bits per heavy atom. The first-order valence-electron chi connectivity index (χ1n) is 5.25. The molecule has 1 aromatic carbocycles. The normalized spacial score (nSPS) is 15.3. The average molecular weight is 237 g/mol. The quantitative estimate of drug-likeness (QED) is 0.735. The van der Waals surface area contributed by atoms with Crippen molar-refractivity contribution in [2.75, 3.05) is 13.2 Å². The Morgan fingerprint density at radius 1 is 1.38 bits per heavy atom. The molecule has 2 rings (SSSR count). The van der Waals surface area contributed by atoms with Crippen LogP contribution in [0.3, 0.4) is 0 Å². The zero-order chi connectivity index (χ0) is 11.5. The Bertz CT molecular complexity index is 434. The molecule has 0 saturated carbocycles. The van der Waals surface area contributed by atoms with Gasteiger partial charge < -0.3 is 9.47 Å². The van der Waals surface area contributed by atoms with E-state index >= 15 is 0 Å². The number of ether oxygens (including phenoxy) is 2. The van der Waals surface area contributed by atoms with Crippen LogP contribution in [0, 0.1) is 18.3 Å². The van der Waals surface area contributed by atoms with E-state index < -0.39 is 0 Å². The summed E-state index contributed by atoms with van der Waals surface area (Å²) in [5.74, 6) is 4.33. The fourth-order valence-corrected chi connectivity index (χ4v) is 1.88. The summed E-state index contributed by atoms with van der Waals surface area (Å²) in [4.78, 5) is 0. The van der Waals surface area contributed by atoms with Crippen LogP contribution in [0.25, 0.3) is 0 Å². The first-order chi connectivity index (χ1) is 7.70. The largest absolute Gasteiger partial charge is 0.486 e. The molecule has 0 spiro atoms. The molecule has 0 bridgehead atoms. The molecule has 0 saturated heterocycles. The van der Waals surface area contributed by atoms with Gasteiger partial charge in [-0.2, -0.15) is 0 Å². The van der Waals surface area contributed by atoms with Crippen LogP contribution in [-0.4, -0.2) is 13.2 Å². The van der Waals surface area contributed by atoms with Crippen LogP contribution in [0.5, 0.6) is 11.5 Å². The van der Waals surface area contributed by atoms with E-state index in [1.807, 2.05) is 13.0 Å². The molecule has 0 aromatic heterocycles. The molecule has 0 aliphatic carbocycles. The highest BCUT2D eigenvalue weighted by molar-refractivity contribution is 6.31. The van der Waals surface area contributed by atoms with Crippen molar-refractivity contribution in [3.63, 3.8) is 0 Å². The van der Waals surface area contributed by atoms with Gasteiger partial charge in [0.25, 0.3) is 0 Å². The summed E-state index contributed by atoms with van der Waals surface area (Å²) in [5.41, 5.74) is 1.01. The summed E-state index contributed by atoms with van der Waals surface area (Å²) in [7, 11) is 0. The Balaban J connectivity index is 2.29. The number of fused-ring (bicyclic) bond motifs is 1. The summed E-state index contributed by atoms with van der Waals surface area (Å²) < 4.78 is 10.9. The van der Waals surface area contributed by atoms with Crippen LogP contribution in [-0.2, 0) is 6.42 Å². The SMILES string of the molecule is C#CC(C)Cc1cc2c(cc1Cl)OCCO2. The number of halogens is 1. The maximum Gasteiger partial charge on any atom is 0.162 e. The molecular weight excluding hydrogens is 224 g/mol. The van der Waals surface area contributed by atoms with Crippen molar-refractivity contribution in [1.82, 2.24) is 0 Å². The lowest BCUT2D eigenvalue weighted by Crippen LogP contribution is -2.15. The Kier molecular flexibility index (Phi) is 3.26. The molecule has 1 unspecified atom stereocenters. The summed E-state index contributed by atoms with van der Waals surface area (Å²) in [6.07, 6.45) is 6.11. The van der Waals surface area contributed by atoms with E-state index in [2.05, 4.69) is 5.92 Å². The lowest BCUT2D eigenvalue weighted by atomic mass is 10.0. The highest BCUT2D eigenvalue weighted by Crippen LogP contribution is 2.36. The molecule has 0 amide bonds. The van der Waals surface area contributed by atoms with Gasteiger partial charge in [-0.1, -0.05) is 18.5 Å². The van der Waals surface area contributed by atoms with Gasteiger partial charge in [-0.05, 0) is 18.1 Å². The molecule has 3 heteroatoms. The third kappa shape index (κ3) is 2.25. The second-order valence-electron chi connectivity index (χ2n) is 3.86. The Labute approximate surface area is 101 Å². The molecule has 0 fully saturated rings.